The average molecular weight is 346 g/mol. The number of pyridine rings is 1. The number of nitrogens with two attached hydrogens (primary N) is 1. The van der Waals surface area contributed by atoms with Crippen molar-refractivity contribution in [2.75, 3.05) is 38.3 Å². The molecule has 0 bridgehead atoms. The highest BCUT2D eigenvalue weighted by Gasteiger charge is 2.39. The number of nitrogens with zero attached hydrogens (tertiary/aromatic N) is 3. The Labute approximate surface area is 148 Å². The molecule has 2 fully saturated rings. The standard InChI is InChI=1S/C18H26N4O3/c1-25-10-2-8-22-15-6-9-21(12-14(15)3-4-17(22)23)16-11-13(18(19)24)5-7-20-16/h5,7,11,14-15H,2-4,6,8-10,12H2,1H3,(H2,19,24). The quantitative estimate of drug-likeness (QED) is 0.777. The highest BCUT2D eigenvalue weighted by Crippen LogP contribution is 2.33. The van der Waals surface area contributed by atoms with Gasteiger partial charge in [-0.1, -0.05) is 0 Å². The summed E-state index contributed by atoms with van der Waals surface area (Å²) in [6.45, 7) is 3.12. The number of amides is 2. The van der Waals surface area contributed by atoms with Crippen molar-refractivity contribution in [3.05, 3.63) is 23.9 Å². The summed E-state index contributed by atoms with van der Waals surface area (Å²) in [5, 5.41) is 0. The van der Waals surface area contributed by atoms with Crippen LogP contribution in [0.25, 0.3) is 0 Å². The van der Waals surface area contributed by atoms with Crippen LogP contribution < -0.4 is 10.6 Å². The number of piperidine rings is 2. The third-order valence-corrected chi connectivity index (χ3v) is 5.24. The molecule has 0 radical (unpaired) electrons. The van der Waals surface area contributed by atoms with Gasteiger partial charge in [-0.05, 0) is 37.3 Å². The summed E-state index contributed by atoms with van der Waals surface area (Å²) in [6.07, 6.45) is 4.94. The van der Waals surface area contributed by atoms with Crippen LogP contribution in [-0.2, 0) is 9.53 Å². The summed E-state index contributed by atoms with van der Waals surface area (Å²) < 4.78 is 5.12. The number of ether oxygens (including phenoxy) is 1. The first-order valence-electron chi connectivity index (χ1n) is 8.89. The predicted molar refractivity (Wildman–Crippen MR) is 94.3 cm³/mol. The summed E-state index contributed by atoms with van der Waals surface area (Å²) in [4.78, 5) is 32.4. The van der Waals surface area contributed by atoms with Crippen molar-refractivity contribution in [3.8, 4) is 0 Å². The van der Waals surface area contributed by atoms with E-state index in [9.17, 15) is 9.59 Å². The van der Waals surface area contributed by atoms with Crippen molar-refractivity contribution in [2.24, 2.45) is 11.7 Å². The molecule has 2 unspecified atom stereocenters. The molecule has 136 valence electrons. The van der Waals surface area contributed by atoms with Crippen molar-refractivity contribution in [1.29, 1.82) is 0 Å². The number of carbonyl (C=O) groups excluding carboxylic acids is 2. The van der Waals surface area contributed by atoms with Gasteiger partial charge in [-0.2, -0.15) is 0 Å². The Balaban J connectivity index is 1.68. The number of aromatic nitrogens is 1. The van der Waals surface area contributed by atoms with Gasteiger partial charge >= 0.3 is 0 Å². The number of anilines is 1. The van der Waals surface area contributed by atoms with E-state index in [2.05, 4.69) is 14.8 Å². The van der Waals surface area contributed by atoms with Crippen molar-refractivity contribution in [1.82, 2.24) is 9.88 Å². The number of carbonyl (C=O) groups is 2. The number of hydrogen-bond donors (Lipinski definition) is 1. The Hall–Kier alpha value is -2.15. The minimum absolute atomic E-state index is 0.264. The van der Waals surface area contributed by atoms with E-state index in [1.165, 1.54) is 0 Å². The largest absolute Gasteiger partial charge is 0.385 e. The van der Waals surface area contributed by atoms with Gasteiger partial charge in [0, 0.05) is 57.6 Å². The second-order valence-corrected chi connectivity index (χ2v) is 6.80. The van der Waals surface area contributed by atoms with E-state index in [4.69, 9.17) is 10.5 Å². The van der Waals surface area contributed by atoms with Crippen molar-refractivity contribution < 1.29 is 14.3 Å². The second kappa shape index (κ2) is 7.82. The predicted octanol–water partition coefficient (Wildman–Crippen LogP) is 1.03. The van der Waals surface area contributed by atoms with Crippen LogP contribution in [0.1, 0.15) is 36.0 Å². The molecule has 7 heteroatoms. The van der Waals surface area contributed by atoms with E-state index in [-0.39, 0.29) is 5.91 Å². The zero-order chi connectivity index (χ0) is 17.8. The van der Waals surface area contributed by atoms with Crippen LogP contribution in [0.2, 0.25) is 0 Å². The van der Waals surface area contributed by atoms with Gasteiger partial charge in [0.25, 0.3) is 0 Å². The topological polar surface area (TPSA) is 88.8 Å². The molecule has 7 nitrogen and oxygen atoms in total. The first-order chi connectivity index (χ1) is 12.1. The number of primary amides is 1. The monoisotopic (exact) mass is 346 g/mol. The third-order valence-electron chi connectivity index (χ3n) is 5.24. The Morgan fingerprint density at radius 1 is 1.44 bits per heavy atom. The molecule has 3 heterocycles. The number of methoxy groups -OCH3 is 1. The van der Waals surface area contributed by atoms with E-state index >= 15 is 0 Å². The van der Waals surface area contributed by atoms with Gasteiger partial charge in [-0.25, -0.2) is 4.98 Å². The molecule has 0 spiro atoms. The van der Waals surface area contributed by atoms with Crippen LogP contribution in [-0.4, -0.2) is 61.1 Å². The van der Waals surface area contributed by atoms with Crippen LogP contribution in [0.4, 0.5) is 5.82 Å². The van der Waals surface area contributed by atoms with Gasteiger partial charge < -0.3 is 20.3 Å². The Morgan fingerprint density at radius 2 is 2.28 bits per heavy atom. The molecule has 25 heavy (non-hydrogen) atoms. The molecule has 2 aliphatic rings. The van der Waals surface area contributed by atoms with E-state index < -0.39 is 5.91 Å². The number of fused-ring (bicyclic) bond motifs is 1. The fraction of sp³-hybridized carbons (Fsp3) is 0.611. The van der Waals surface area contributed by atoms with Gasteiger partial charge in [0.2, 0.25) is 11.8 Å². The van der Waals surface area contributed by atoms with Crippen LogP contribution in [0, 0.1) is 5.92 Å². The molecule has 2 saturated heterocycles. The zero-order valence-electron chi connectivity index (χ0n) is 14.7. The van der Waals surface area contributed by atoms with Crippen LogP contribution in [0.15, 0.2) is 18.3 Å². The molecule has 2 amide bonds. The molecule has 1 aromatic heterocycles. The van der Waals surface area contributed by atoms with E-state index in [1.54, 1.807) is 25.4 Å². The maximum Gasteiger partial charge on any atom is 0.248 e. The highest BCUT2D eigenvalue weighted by molar-refractivity contribution is 5.93. The minimum Gasteiger partial charge on any atom is -0.385 e. The van der Waals surface area contributed by atoms with Gasteiger partial charge in [0.15, 0.2) is 0 Å². The van der Waals surface area contributed by atoms with Crippen LogP contribution in [0.3, 0.4) is 0 Å². The summed E-state index contributed by atoms with van der Waals surface area (Å²) in [5.41, 5.74) is 5.85. The molecule has 0 aromatic carbocycles. The summed E-state index contributed by atoms with van der Waals surface area (Å²) in [7, 11) is 1.69. The van der Waals surface area contributed by atoms with Gasteiger partial charge in [-0.15, -0.1) is 0 Å². The maximum atomic E-state index is 12.3. The Kier molecular flexibility index (Phi) is 5.53. The molecule has 2 N–H and O–H groups in total. The van der Waals surface area contributed by atoms with Gasteiger partial charge in [0.05, 0.1) is 0 Å². The summed E-state index contributed by atoms with van der Waals surface area (Å²) in [6, 6.07) is 3.69. The number of likely N-dealkylation sites (tertiary alicyclic amines) is 1. The fourth-order valence-electron chi connectivity index (χ4n) is 3.97. The van der Waals surface area contributed by atoms with Crippen molar-refractivity contribution in [3.63, 3.8) is 0 Å². The Bertz CT molecular complexity index is 637. The molecule has 3 rings (SSSR count). The first-order valence-corrected chi connectivity index (χ1v) is 8.89. The lowest BCUT2D eigenvalue weighted by molar-refractivity contribution is -0.139. The molecule has 2 atom stereocenters. The minimum atomic E-state index is -0.439. The lowest BCUT2D eigenvalue weighted by Gasteiger charge is -2.47. The van der Waals surface area contributed by atoms with Gasteiger partial charge in [0.1, 0.15) is 5.82 Å². The normalized spacial score (nSPS) is 23.5. The summed E-state index contributed by atoms with van der Waals surface area (Å²) >= 11 is 0. The molecule has 1 aromatic rings. The Morgan fingerprint density at radius 3 is 3.04 bits per heavy atom. The van der Waals surface area contributed by atoms with E-state index in [0.29, 0.717) is 30.6 Å². The fourth-order valence-corrected chi connectivity index (χ4v) is 3.97. The SMILES string of the molecule is COCCCN1C(=O)CCC2CN(c3cc(C(N)=O)ccn3)CCC21. The molecular weight excluding hydrogens is 320 g/mol. The smallest absolute Gasteiger partial charge is 0.248 e. The van der Waals surface area contributed by atoms with Gasteiger partial charge in [-0.3, -0.25) is 9.59 Å². The molecule has 0 saturated carbocycles. The molecular formula is C18H26N4O3. The lowest BCUT2D eigenvalue weighted by Crippen LogP contribution is -2.56. The highest BCUT2D eigenvalue weighted by atomic mass is 16.5. The zero-order valence-corrected chi connectivity index (χ0v) is 14.7. The van der Waals surface area contributed by atoms with Crippen molar-refractivity contribution in [2.45, 2.75) is 31.7 Å². The molecule has 0 aliphatic carbocycles. The van der Waals surface area contributed by atoms with Crippen molar-refractivity contribution >= 4 is 17.6 Å². The number of hydrogen-bond acceptors (Lipinski definition) is 5. The second-order valence-electron chi connectivity index (χ2n) is 6.80. The maximum absolute atomic E-state index is 12.3. The molecule has 2 aliphatic heterocycles. The van der Waals surface area contributed by atoms with E-state index in [0.717, 1.165) is 44.7 Å². The third kappa shape index (κ3) is 3.92. The van der Waals surface area contributed by atoms with Crippen LogP contribution >= 0.6 is 0 Å². The summed E-state index contributed by atoms with van der Waals surface area (Å²) in [5.74, 6) is 1.05. The van der Waals surface area contributed by atoms with Crippen LogP contribution in [0.5, 0.6) is 0 Å². The number of rotatable bonds is 6. The average Bonchev–Trinajstić information content (AvgIpc) is 2.63. The van der Waals surface area contributed by atoms with E-state index in [1.807, 2.05) is 0 Å². The lowest BCUT2D eigenvalue weighted by atomic mass is 9.83. The first kappa shape index (κ1) is 17.7.